The first kappa shape index (κ1) is 17.4. The van der Waals surface area contributed by atoms with Gasteiger partial charge in [0.15, 0.2) is 0 Å². The van der Waals surface area contributed by atoms with Gasteiger partial charge in [0.2, 0.25) is 0 Å². The minimum absolute atomic E-state index is 0.0952. The number of amides is 1. The predicted octanol–water partition coefficient (Wildman–Crippen LogP) is 4.82. The molecule has 0 saturated carbocycles. The van der Waals surface area contributed by atoms with Gasteiger partial charge in [0.05, 0.1) is 12.8 Å². The normalized spacial score (nSPS) is 15.6. The summed E-state index contributed by atoms with van der Waals surface area (Å²) in [5, 5.41) is 3.99. The highest BCUT2D eigenvalue weighted by atomic mass is 35.5. The van der Waals surface area contributed by atoms with Gasteiger partial charge in [-0.2, -0.15) is 0 Å². The molecule has 0 unspecified atom stereocenters. The van der Waals surface area contributed by atoms with Crippen LogP contribution in [0.2, 0.25) is 5.02 Å². The average molecular weight is 380 g/mol. The van der Waals surface area contributed by atoms with Crippen LogP contribution in [0.25, 0.3) is 0 Å². The number of pyridine rings is 1. The topological polar surface area (TPSA) is 54.5 Å². The Morgan fingerprint density at radius 2 is 1.96 bits per heavy atom. The predicted molar refractivity (Wildman–Crippen MR) is 107 cm³/mol. The zero-order valence-electron chi connectivity index (χ0n) is 14.9. The number of hydrogen-bond donors (Lipinski definition) is 1. The van der Waals surface area contributed by atoms with Crippen molar-refractivity contribution >= 4 is 29.0 Å². The van der Waals surface area contributed by atoms with Crippen LogP contribution in [0.5, 0.6) is 5.75 Å². The molecule has 0 spiro atoms. The Morgan fingerprint density at radius 3 is 2.74 bits per heavy atom. The maximum Gasteiger partial charge on any atom is 0.261 e. The highest BCUT2D eigenvalue weighted by Gasteiger charge is 2.38. The summed E-state index contributed by atoms with van der Waals surface area (Å²) in [6, 6.07) is 16.7. The number of carbonyl (C=O) groups excluding carboxylic acids is 1. The van der Waals surface area contributed by atoms with Gasteiger partial charge in [0.1, 0.15) is 17.7 Å². The van der Waals surface area contributed by atoms with Crippen molar-refractivity contribution in [2.75, 3.05) is 17.3 Å². The zero-order chi connectivity index (χ0) is 19.0. The van der Waals surface area contributed by atoms with Crippen LogP contribution in [-0.4, -0.2) is 18.0 Å². The number of aryl methyl sites for hydroxylation is 1. The Hall–Kier alpha value is -3.05. The van der Waals surface area contributed by atoms with E-state index < -0.39 is 6.17 Å². The lowest BCUT2D eigenvalue weighted by atomic mass is 10.1. The fourth-order valence-corrected chi connectivity index (χ4v) is 3.46. The zero-order valence-corrected chi connectivity index (χ0v) is 15.7. The van der Waals surface area contributed by atoms with Crippen molar-refractivity contribution in [3.8, 4) is 5.75 Å². The third kappa shape index (κ3) is 3.11. The molecule has 4 rings (SSSR count). The number of fused-ring (bicyclic) bond motifs is 1. The minimum Gasteiger partial charge on any atom is -0.495 e. The molecule has 1 aromatic heterocycles. The number of rotatable bonds is 4. The number of carbonyl (C=O) groups is 1. The number of anilines is 2. The molecule has 3 aromatic rings. The molecule has 1 aliphatic rings. The van der Waals surface area contributed by atoms with E-state index in [1.54, 1.807) is 36.4 Å². The summed E-state index contributed by atoms with van der Waals surface area (Å²) in [5.74, 6) is 1.14. The van der Waals surface area contributed by atoms with E-state index in [0.717, 1.165) is 11.1 Å². The van der Waals surface area contributed by atoms with Gasteiger partial charge in [-0.05, 0) is 48.9 Å². The van der Waals surface area contributed by atoms with E-state index in [1.165, 1.54) is 0 Å². The number of methoxy groups -OCH3 is 1. The second-order valence-electron chi connectivity index (χ2n) is 6.35. The van der Waals surface area contributed by atoms with E-state index in [2.05, 4.69) is 10.3 Å². The van der Waals surface area contributed by atoms with Crippen LogP contribution in [0.15, 0.2) is 60.8 Å². The van der Waals surface area contributed by atoms with Gasteiger partial charge in [-0.1, -0.05) is 29.8 Å². The third-order valence-electron chi connectivity index (χ3n) is 4.56. The molecule has 1 amide bonds. The standard InChI is InChI=1S/C21H18ClN3O2/c1-13-9-10-23-19(11-13)25-20(15-5-3-4-6-16(15)21(25)26)24-17-12-14(22)7-8-18(17)27-2/h3-12,20,24H,1-2H3/t20-/m0/s1. The minimum atomic E-state index is -0.421. The quantitative estimate of drug-likeness (QED) is 0.705. The Bertz CT molecular complexity index is 1020. The van der Waals surface area contributed by atoms with Crippen molar-refractivity contribution in [2.24, 2.45) is 0 Å². The van der Waals surface area contributed by atoms with Crippen molar-refractivity contribution in [3.63, 3.8) is 0 Å². The van der Waals surface area contributed by atoms with E-state index in [9.17, 15) is 4.79 Å². The van der Waals surface area contributed by atoms with Gasteiger partial charge in [-0.15, -0.1) is 0 Å². The molecule has 0 fully saturated rings. The highest BCUT2D eigenvalue weighted by molar-refractivity contribution is 6.31. The molecule has 2 aromatic carbocycles. The van der Waals surface area contributed by atoms with Crippen molar-refractivity contribution in [2.45, 2.75) is 13.1 Å². The fraction of sp³-hybridized carbons (Fsp3) is 0.143. The van der Waals surface area contributed by atoms with Crippen LogP contribution in [0.4, 0.5) is 11.5 Å². The molecule has 0 bridgehead atoms. The lowest BCUT2D eigenvalue weighted by Crippen LogP contribution is -2.33. The monoisotopic (exact) mass is 379 g/mol. The van der Waals surface area contributed by atoms with E-state index in [0.29, 0.717) is 27.8 Å². The lowest BCUT2D eigenvalue weighted by Gasteiger charge is -2.27. The van der Waals surface area contributed by atoms with Crippen LogP contribution in [-0.2, 0) is 0 Å². The number of benzene rings is 2. The number of hydrogen-bond acceptors (Lipinski definition) is 4. The third-order valence-corrected chi connectivity index (χ3v) is 4.80. The molecule has 6 heteroatoms. The Balaban J connectivity index is 1.82. The summed E-state index contributed by atoms with van der Waals surface area (Å²) >= 11 is 6.17. The van der Waals surface area contributed by atoms with Crippen LogP contribution < -0.4 is 15.0 Å². The number of nitrogens with zero attached hydrogens (tertiary/aromatic N) is 2. The average Bonchev–Trinajstić information content (AvgIpc) is 2.94. The molecule has 136 valence electrons. The SMILES string of the molecule is COc1ccc(Cl)cc1N[C@@H]1c2ccccc2C(=O)N1c1cc(C)ccn1. The van der Waals surface area contributed by atoms with Gasteiger partial charge in [-0.25, -0.2) is 4.98 Å². The lowest BCUT2D eigenvalue weighted by molar-refractivity contribution is 0.0992. The maximum atomic E-state index is 13.1. The van der Waals surface area contributed by atoms with Crippen LogP contribution in [0, 0.1) is 6.92 Å². The summed E-state index contributed by atoms with van der Waals surface area (Å²) in [4.78, 5) is 19.2. The van der Waals surface area contributed by atoms with Crippen molar-refractivity contribution in [1.29, 1.82) is 0 Å². The van der Waals surface area contributed by atoms with E-state index >= 15 is 0 Å². The number of halogens is 1. The van der Waals surface area contributed by atoms with Crippen LogP contribution in [0.1, 0.15) is 27.7 Å². The van der Waals surface area contributed by atoms with Crippen LogP contribution >= 0.6 is 11.6 Å². The second-order valence-corrected chi connectivity index (χ2v) is 6.78. The van der Waals surface area contributed by atoms with E-state index in [4.69, 9.17) is 16.3 Å². The Labute approximate surface area is 162 Å². The van der Waals surface area contributed by atoms with E-state index in [-0.39, 0.29) is 5.91 Å². The summed E-state index contributed by atoms with van der Waals surface area (Å²) in [6.07, 6.45) is 1.29. The molecule has 0 radical (unpaired) electrons. The molecular formula is C21H18ClN3O2. The Kier molecular flexibility index (Phi) is 4.46. The number of aromatic nitrogens is 1. The summed E-state index contributed by atoms with van der Waals surface area (Å²) in [7, 11) is 1.60. The van der Waals surface area contributed by atoms with E-state index in [1.807, 2.05) is 43.3 Å². The summed E-state index contributed by atoms with van der Waals surface area (Å²) in [6.45, 7) is 1.97. The molecule has 27 heavy (non-hydrogen) atoms. The Morgan fingerprint density at radius 1 is 1.15 bits per heavy atom. The molecule has 5 nitrogen and oxygen atoms in total. The summed E-state index contributed by atoms with van der Waals surface area (Å²) in [5.41, 5.74) is 3.27. The van der Waals surface area contributed by atoms with Gasteiger partial charge < -0.3 is 10.1 Å². The van der Waals surface area contributed by atoms with Gasteiger partial charge in [0, 0.05) is 22.3 Å². The first-order chi connectivity index (χ1) is 13.1. The molecule has 1 aliphatic heterocycles. The van der Waals surface area contributed by atoms with Crippen molar-refractivity contribution in [3.05, 3.63) is 82.5 Å². The highest BCUT2D eigenvalue weighted by Crippen LogP contribution is 2.39. The smallest absolute Gasteiger partial charge is 0.261 e. The number of nitrogens with one attached hydrogen (secondary N) is 1. The summed E-state index contributed by atoms with van der Waals surface area (Å²) < 4.78 is 5.45. The molecule has 0 aliphatic carbocycles. The second kappa shape index (κ2) is 6.93. The molecule has 2 heterocycles. The molecule has 1 atom stereocenters. The fourth-order valence-electron chi connectivity index (χ4n) is 3.29. The van der Waals surface area contributed by atoms with Gasteiger partial charge >= 0.3 is 0 Å². The largest absolute Gasteiger partial charge is 0.495 e. The molecule has 0 saturated heterocycles. The maximum absolute atomic E-state index is 13.1. The number of ether oxygens (including phenoxy) is 1. The first-order valence-electron chi connectivity index (χ1n) is 8.53. The first-order valence-corrected chi connectivity index (χ1v) is 8.91. The van der Waals surface area contributed by atoms with Crippen LogP contribution in [0.3, 0.4) is 0 Å². The molecular weight excluding hydrogens is 362 g/mol. The van der Waals surface area contributed by atoms with Gasteiger partial charge in [0.25, 0.3) is 5.91 Å². The molecule has 1 N–H and O–H groups in total. The van der Waals surface area contributed by atoms with Gasteiger partial charge in [-0.3, -0.25) is 9.69 Å². The van der Waals surface area contributed by atoms with Crippen molar-refractivity contribution < 1.29 is 9.53 Å². The van der Waals surface area contributed by atoms with Crippen molar-refractivity contribution in [1.82, 2.24) is 4.98 Å².